The van der Waals surface area contributed by atoms with Gasteiger partial charge in [0.05, 0.1) is 31.0 Å². The molecule has 212 valence electrons. The fourth-order valence-electron chi connectivity index (χ4n) is 4.07. The molecule has 39 heavy (non-hydrogen) atoms. The summed E-state index contributed by atoms with van der Waals surface area (Å²) in [5.74, 6) is -1.97. The van der Waals surface area contributed by atoms with Crippen LogP contribution in [0.2, 0.25) is 0 Å². The van der Waals surface area contributed by atoms with Gasteiger partial charge in [0, 0.05) is 11.5 Å². The average molecular weight is 578 g/mol. The molecule has 0 saturated carbocycles. The van der Waals surface area contributed by atoms with E-state index in [0.29, 0.717) is 18.4 Å². The van der Waals surface area contributed by atoms with Gasteiger partial charge < -0.3 is 25.4 Å². The van der Waals surface area contributed by atoms with Crippen molar-refractivity contribution in [3.05, 3.63) is 48.0 Å². The van der Waals surface area contributed by atoms with Crippen LogP contribution < -0.4 is 16.0 Å². The zero-order valence-electron chi connectivity index (χ0n) is 22.1. The van der Waals surface area contributed by atoms with Crippen molar-refractivity contribution in [2.75, 3.05) is 18.1 Å². The lowest BCUT2D eigenvalue weighted by atomic mass is 9.92. The van der Waals surface area contributed by atoms with Crippen molar-refractivity contribution in [2.24, 2.45) is 5.92 Å². The van der Waals surface area contributed by atoms with Gasteiger partial charge in [-0.05, 0) is 30.5 Å². The van der Waals surface area contributed by atoms with Gasteiger partial charge in [0.15, 0.2) is 0 Å². The molecule has 0 spiro atoms. The smallest absolute Gasteiger partial charge is 0.338 e. The number of ether oxygens (including phenoxy) is 2. The van der Waals surface area contributed by atoms with Crippen LogP contribution in [0.3, 0.4) is 0 Å². The van der Waals surface area contributed by atoms with Crippen molar-refractivity contribution in [1.29, 1.82) is 0 Å². The summed E-state index contributed by atoms with van der Waals surface area (Å²) in [5.41, 5.74) is 0.300. The summed E-state index contributed by atoms with van der Waals surface area (Å²) in [4.78, 5) is 64.8. The van der Waals surface area contributed by atoms with Crippen molar-refractivity contribution in [1.82, 2.24) is 16.0 Å². The second kappa shape index (κ2) is 15.6. The summed E-state index contributed by atoms with van der Waals surface area (Å²) in [5, 5.41) is 8.17. The van der Waals surface area contributed by atoms with E-state index in [1.807, 2.05) is 19.9 Å². The molecule has 0 radical (unpaired) electrons. The van der Waals surface area contributed by atoms with E-state index in [1.54, 1.807) is 47.2 Å². The zero-order valence-corrected chi connectivity index (χ0v) is 23.7. The lowest BCUT2D eigenvalue weighted by molar-refractivity contribution is -0.151. The van der Waals surface area contributed by atoms with E-state index in [2.05, 4.69) is 16.0 Å². The Labute approximate surface area is 236 Å². The molecule has 3 amide bonds. The van der Waals surface area contributed by atoms with Gasteiger partial charge >= 0.3 is 11.9 Å². The third kappa shape index (κ3) is 9.92. The Morgan fingerprint density at radius 3 is 2.59 bits per heavy atom. The van der Waals surface area contributed by atoms with E-state index >= 15 is 0 Å². The molecule has 3 rings (SSSR count). The molecule has 1 aromatic rings. The summed E-state index contributed by atoms with van der Waals surface area (Å²) in [7, 11) is 3.00. The minimum atomic E-state index is -1.06. The number of benzene rings is 1. The first-order chi connectivity index (χ1) is 18.8. The maximum atomic E-state index is 13.5. The summed E-state index contributed by atoms with van der Waals surface area (Å²) in [6, 6.07) is 6.71. The molecular formula is C27H35N3O7S2. The van der Waals surface area contributed by atoms with Gasteiger partial charge in [-0.25, -0.2) is 4.79 Å². The number of nitrogens with one attached hydrogen (secondary N) is 3. The minimum absolute atomic E-state index is 0.179. The van der Waals surface area contributed by atoms with E-state index in [-0.39, 0.29) is 31.1 Å². The maximum Gasteiger partial charge on any atom is 0.338 e. The number of carbonyl (C=O) groups is 5. The van der Waals surface area contributed by atoms with Crippen LogP contribution >= 0.6 is 21.6 Å². The van der Waals surface area contributed by atoms with Crippen molar-refractivity contribution in [3.63, 3.8) is 0 Å². The summed E-state index contributed by atoms with van der Waals surface area (Å²) in [6.45, 7) is 3.49. The number of fused-ring (bicyclic) bond motifs is 7. The van der Waals surface area contributed by atoms with E-state index < -0.39 is 54.0 Å². The van der Waals surface area contributed by atoms with Gasteiger partial charge in [-0.15, -0.1) is 0 Å². The number of hydrogen-bond donors (Lipinski definition) is 3. The minimum Gasteiger partial charge on any atom is -0.457 e. The molecule has 0 aromatic heterocycles. The highest BCUT2D eigenvalue weighted by Crippen LogP contribution is 2.25. The Hall–Kier alpha value is -2.99. The van der Waals surface area contributed by atoms with Crippen LogP contribution in [-0.2, 0) is 28.7 Å². The highest BCUT2D eigenvalue weighted by atomic mass is 33.1. The molecule has 2 bridgehead atoms. The molecule has 3 N–H and O–H groups in total. The van der Waals surface area contributed by atoms with Gasteiger partial charge in [-0.3, -0.25) is 19.2 Å². The van der Waals surface area contributed by atoms with Crippen molar-refractivity contribution in [2.45, 2.75) is 63.8 Å². The molecule has 1 fully saturated rings. The largest absolute Gasteiger partial charge is 0.457 e. The summed E-state index contributed by atoms with van der Waals surface area (Å²) in [6.07, 6.45) is 2.34. The normalized spacial score (nSPS) is 26.4. The predicted octanol–water partition coefficient (Wildman–Crippen LogP) is 2.39. The summed E-state index contributed by atoms with van der Waals surface area (Å²) >= 11 is 0. The maximum absolute atomic E-state index is 13.5. The number of hydrogen-bond acceptors (Lipinski definition) is 9. The molecule has 0 aliphatic carbocycles. The predicted molar refractivity (Wildman–Crippen MR) is 150 cm³/mol. The van der Waals surface area contributed by atoms with E-state index in [1.165, 1.54) is 10.8 Å². The molecule has 1 saturated heterocycles. The second-order valence-corrected chi connectivity index (χ2v) is 12.0. The fraction of sp³-hybridized carbons (Fsp3) is 0.519. The Kier molecular flexibility index (Phi) is 12.2. The van der Waals surface area contributed by atoms with E-state index in [9.17, 15) is 24.0 Å². The van der Waals surface area contributed by atoms with Crippen LogP contribution in [0.25, 0.3) is 0 Å². The second-order valence-electron chi connectivity index (χ2n) is 9.39. The van der Waals surface area contributed by atoms with E-state index in [0.717, 1.165) is 5.75 Å². The third-order valence-corrected chi connectivity index (χ3v) is 8.85. The van der Waals surface area contributed by atoms with Crippen LogP contribution in [-0.4, -0.2) is 72.0 Å². The average Bonchev–Trinajstić information content (AvgIpc) is 2.92. The van der Waals surface area contributed by atoms with Gasteiger partial charge in [-0.1, -0.05) is 66.1 Å². The van der Waals surface area contributed by atoms with Crippen LogP contribution in [0, 0.1) is 5.92 Å². The monoisotopic (exact) mass is 577 g/mol. The van der Waals surface area contributed by atoms with Crippen LogP contribution in [0.15, 0.2) is 42.5 Å². The van der Waals surface area contributed by atoms with Gasteiger partial charge in [0.1, 0.15) is 18.2 Å². The van der Waals surface area contributed by atoms with Crippen LogP contribution in [0.1, 0.15) is 49.9 Å². The van der Waals surface area contributed by atoms with Crippen LogP contribution in [0.4, 0.5) is 0 Å². The lowest BCUT2D eigenvalue weighted by Crippen LogP contribution is -2.57. The molecule has 2 unspecified atom stereocenters. The first-order valence-electron chi connectivity index (χ1n) is 13.0. The Bertz CT molecular complexity index is 1050. The molecular weight excluding hydrogens is 542 g/mol. The number of allylic oxidation sites excluding steroid dienone is 1. The van der Waals surface area contributed by atoms with Crippen molar-refractivity contribution < 1.29 is 33.4 Å². The fourth-order valence-corrected chi connectivity index (χ4v) is 6.23. The third-order valence-electron chi connectivity index (χ3n) is 6.41. The number of amides is 3. The molecule has 10 nitrogen and oxygen atoms in total. The SMILES string of the molecule is CC[C@@H](C)C1NC(=O)[C@H]2CSSCCC=C[C@H](CC(=O)NCC(=O)N2)OC(=O)CC1OC(=O)c1ccccc1. The molecule has 5 atom stereocenters. The highest BCUT2D eigenvalue weighted by Gasteiger charge is 2.36. The zero-order chi connectivity index (χ0) is 28.2. The van der Waals surface area contributed by atoms with Crippen molar-refractivity contribution >= 4 is 51.2 Å². The van der Waals surface area contributed by atoms with Gasteiger partial charge in [-0.2, -0.15) is 0 Å². The molecule has 2 aliphatic heterocycles. The topological polar surface area (TPSA) is 140 Å². The molecule has 2 heterocycles. The van der Waals surface area contributed by atoms with E-state index in [4.69, 9.17) is 9.47 Å². The Morgan fingerprint density at radius 2 is 1.85 bits per heavy atom. The lowest BCUT2D eigenvalue weighted by Gasteiger charge is -2.33. The highest BCUT2D eigenvalue weighted by molar-refractivity contribution is 8.76. The Balaban J connectivity index is 2.01. The Morgan fingerprint density at radius 1 is 1.08 bits per heavy atom. The van der Waals surface area contributed by atoms with Gasteiger partial charge in [0.2, 0.25) is 17.7 Å². The number of esters is 2. The quantitative estimate of drug-likeness (QED) is 0.280. The molecule has 1 aromatic carbocycles. The van der Waals surface area contributed by atoms with Crippen molar-refractivity contribution in [3.8, 4) is 0 Å². The molecule has 2 aliphatic rings. The molecule has 12 heteroatoms. The number of rotatable bonds is 4. The first-order valence-corrected chi connectivity index (χ1v) is 15.5. The van der Waals surface area contributed by atoms with Crippen LogP contribution in [0.5, 0.6) is 0 Å². The standard InChI is InChI=1S/C27H35N3O7S2/c1-3-17(2)25-21(37-27(35)18-9-5-4-6-10-18)14-24(33)36-19-11-7-8-12-38-39-16-20(26(34)30-25)29-23(32)15-28-22(31)13-19/h4-7,9-11,17,19-21,25H,3,8,12-16H2,1-2H3,(H,28,31)(H,29,32)(H,30,34)/t17-,19-,20-,21?,25?/m1/s1. The summed E-state index contributed by atoms with van der Waals surface area (Å²) < 4.78 is 11.5. The van der Waals surface area contributed by atoms with Gasteiger partial charge in [0.25, 0.3) is 0 Å². The first kappa shape index (κ1) is 30.6. The number of carbonyl (C=O) groups excluding carboxylic acids is 5.